The number of hydrogen-bond donors (Lipinski definition) is 3. The van der Waals surface area contributed by atoms with Gasteiger partial charge in [0.25, 0.3) is 0 Å². The van der Waals surface area contributed by atoms with E-state index < -0.39 is 6.09 Å². The highest BCUT2D eigenvalue weighted by Gasteiger charge is 1.98. The van der Waals surface area contributed by atoms with Gasteiger partial charge in [0.05, 0.1) is 13.2 Å². The van der Waals surface area contributed by atoms with Gasteiger partial charge in [-0.1, -0.05) is 0 Å². The second kappa shape index (κ2) is 4.36. The van der Waals surface area contributed by atoms with Crippen molar-refractivity contribution in [3.05, 3.63) is 23.8 Å². The summed E-state index contributed by atoms with van der Waals surface area (Å²) in [6.07, 6.45) is 1.78. The zero-order valence-electron chi connectivity index (χ0n) is 6.77. The number of aliphatic hydroxyl groups excluding tert-OH is 1. The van der Waals surface area contributed by atoms with E-state index in [0.717, 1.165) is 0 Å². The molecule has 1 aromatic heterocycles. The molecule has 1 rings (SSSR count). The molecule has 0 atom stereocenters. The number of aliphatic hydroxyl groups is 1. The van der Waals surface area contributed by atoms with E-state index in [9.17, 15) is 4.79 Å². The standard InChI is InChI=1S/C7H9N3O3/c11-4-5-1-8-6(9-2-5)3-10-7(12)13/h1-2,10-11H,3-4H2,(H,12,13). The average Bonchev–Trinajstić information content (AvgIpc) is 2.15. The molecule has 13 heavy (non-hydrogen) atoms. The van der Waals surface area contributed by atoms with E-state index in [1.54, 1.807) is 0 Å². The van der Waals surface area contributed by atoms with Crippen LogP contribution in [0.15, 0.2) is 12.4 Å². The normalized spacial score (nSPS) is 9.62. The second-order valence-electron chi connectivity index (χ2n) is 2.32. The SMILES string of the molecule is O=C(O)NCc1ncc(CO)cn1. The Hall–Kier alpha value is -1.69. The number of hydrogen-bond acceptors (Lipinski definition) is 4. The number of nitrogens with zero attached hydrogens (tertiary/aromatic N) is 2. The molecule has 0 aliphatic carbocycles. The molecular formula is C7H9N3O3. The summed E-state index contributed by atoms with van der Waals surface area (Å²) in [5, 5.41) is 19.1. The molecule has 70 valence electrons. The Morgan fingerprint density at radius 2 is 2.08 bits per heavy atom. The van der Waals surface area contributed by atoms with Crippen molar-refractivity contribution in [2.24, 2.45) is 0 Å². The van der Waals surface area contributed by atoms with Crippen LogP contribution >= 0.6 is 0 Å². The summed E-state index contributed by atoms with van der Waals surface area (Å²) < 4.78 is 0. The maximum atomic E-state index is 10.1. The van der Waals surface area contributed by atoms with E-state index in [-0.39, 0.29) is 13.2 Å². The predicted octanol–water partition coefficient (Wildman–Crippen LogP) is -0.264. The largest absolute Gasteiger partial charge is 0.465 e. The predicted molar refractivity (Wildman–Crippen MR) is 42.8 cm³/mol. The number of rotatable bonds is 3. The fraction of sp³-hybridized carbons (Fsp3) is 0.286. The highest BCUT2D eigenvalue weighted by Crippen LogP contribution is 1.94. The van der Waals surface area contributed by atoms with Crippen LogP contribution in [0.5, 0.6) is 0 Å². The monoisotopic (exact) mass is 183 g/mol. The number of amides is 1. The van der Waals surface area contributed by atoms with Gasteiger partial charge >= 0.3 is 6.09 Å². The molecule has 6 heteroatoms. The lowest BCUT2D eigenvalue weighted by Gasteiger charge is -1.99. The highest BCUT2D eigenvalue weighted by molar-refractivity contribution is 5.64. The van der Waals surface area contributed by atoms with Crippen LogP contribution in [-0.2, 0) is 13.2 Å². The molecule has 1 amide bonds. The van der Waals surface area contributed by atoms with Crippen molar-refractivity contribution in [2.45, 2.75) is 13.2 Å². The van der Waals surface area contributed by atoms with E-state index in [1.807, 2.05) is 0 Å². The lowest BCUT2D eigenvalue weighted by atomic mass is 10.4. The first-order chi connectivity index (χ1) is 6.22. The Morgan fingerprint density at radius 3 is 2.54 bits per heavy atom. The summed E-state index contributed by atoms with van der Waals surface area (Å²) >= 11 is 0. The van der Waals surface area contributed by atoms with Gasteiger partial charge in [0, 0.05) is 18.0 Å². The van der Waals surface area contributed by atoms with E-state index in [2.05, 4.69) is 15.3 Å². The Morgan fingerprint density at radius 1 is 1.46 bits per heavy atom. The van der Waals surface area contributed by atoms with Gasteiger partial charge in [-0.05, 0) is 0 Å². The van der Waals surface area contributed by atoms with Crippen LogP contribution in [0.25, 0.3) is 0 Å². The fourth-order valence-corrected chi connectivity index (χ4v) is 0.709. The molecule has 0 saturated heterocycles. The van der Waals surface area contributed by atoms with Crippen molar-refractivity contribution < 1.29 is 15.0 Å². The summed E-state index contributed by atoms with van der Waals surface area (Å²) in [7, 11) is 0. The third-order valence-corrected chi connectivity index (χ3v) is 1.34. The third kappa shape index (κ3) is 3.04. The molecule has 0 aromatic carbocycles. The molecule has 1 aromatic rings. The van der Waals surface area contributed by atoms with Gasteiger partial charge in [0.15, 0.2) is 0 Å². The Balaban J connectivity index is 2.54. The van der Waals surface area contributed by atoms with Crippen molar-refractivity contribution in [2.75, 3.05) is 0 Å². The maximum absolute atomic E-state index is 10.1. The number of aromatic nitrogens is 2. The van der Waals surface area contributed by atoms with E-state index in [0.29, 0.717) is 11.4 Å². The van der Waals surface area contributed by atoms with Crippen molar-refractivity contribution in [1.29, 1.82) is 0 Å². The lowest BCUT2D eigenvalue weighted by Crippen LogP contribution is -2.21. The average molecular weight is 183 g/mol. The molecule has 0 unspecified atom stereocenters. The van der Waals surface area contributed by atoms with Gasteiger partial charge in [0.2, 0.25) is 0 Å². The minimum Gasteiger partial charge on any atom is -0.465 e. The number of carbonyl (C=O) groups is 1. The van der Waals surface area contributed by atoms with E-state index in [4.69, 9.17) is 10.2 Å². The van der Waals surface area contributed by atoms with Crippen LogP contribution < -0.4 is 5.32 Å². The topological polar surface area (TPSA) is 95.3 Å². The minimum atomic E-state index is -1.12. The zero-order chi connectivity index (χ0) is 9.68. The van der Waals surface area contributed by atoms with E-state index in [1.165, 1.54) is 12.4 Å². The first-order valence-corrected chi connectivity index (χ1v) is 3.60. The van der Waals surface area contributed by atoms with Crippen LogP contribution in [0.3, 0.4) is 0 Å². The number of nitrogens with one attached hydrogen (secondary N) is 1. The number of carboxylic acid groups (broad SMARTS) is 1. The maximum Gasteiger partial charge on any atom is 0.405 e. The quantitative estimate of drug-likeness (QED) is 0.599. The molecule has 0 radical (unpaired) electrons. The van der Waals surface area contributed by atoms with Crippen molar-refractivity contribution >= 4 is 6.09 Å². The molecule has 0 spiro atoms. The highest BCUT2D eigenvalue weighted by atomic mass is 16.4. The molecule has 0 aliphatic heterocycles. The second-order valence-corrected chi connectivity index (χ2v) is 2.32. The van der Waals surface area contributed by atoms with Crippen LogP contribution in [0, 0.1) is 0 Å². The molecule has 0 fully saturated rings. The van der Waals surface area contributed by atoms with Crippen LogP contribution in [-0.4, -0.2) is 26.3 Å². The third-order valence-electron chi connectivity index (χ3n) is 1.34. The molecule has 0 bridgehead atoms. The molecule has 3 N–H and O–H groups in total. The van der Waals surface area contributed by atoms with Crippen LogP contribution in [0.1, 0.15) is 11.4 Å². The summed E-state index contributed by atoms with van der Waals surface area (Å²) in [5.41, 5.74) is 0.596. The Labute approximate surface area is 74.3 Å². The molecule has 0 aliphatic rings. The van der Waals surface area contributed by atoms with Gasteiger partial charge < -0.3 is 15.5 Å². The van der Waals surface area contributed by atoms with Crippen molar-refractivity contribution in [3.63, 3.8) is 0 Å². The lowest BCUT2D eigenvalue weighted by molar-refractivity contribution is 0.193. The van der Waals surface area contributed by atoms with Gasteiger partial charge in [-0.3, -0.25) is 0 Å². The first-order valence-electron chi connectivity index (χ1n) is 3.60. The fourth-order valence-electron chi connectivity index (χ4n) is 0.709. The zero-order valence-corrected chi connectivity index (χ0v) is 6.77. The Kier molecular flexibility index (Phi) is 3.15. The van der Waals surface area contributed by atoms with Crippen molar-refractivity contribution in [3.8, 4) is 0 Å². The summed E-state index contributed by atoms with van der Waals surface area (Å²) in [4.78, 5) is 17.7. The minimum absolute atomic E-state index is 0.0705. The van der Waals surface area contributed by atoms with Gasteiger partial charge in [0.1, 0.15) is 5.82 Å². The summed E-state index contributed by atoms with van der Waals surface area (Å²) in [6, 6.07) is 0. The summed E-state index contributed by atoms with van der Waals surface area (Å²) in [6.45, 7) is -0.0479. The van der Waals surface area contributed by atoms with Crippen LogP contribution in [0.2, 0.25) is 0 Å². The Bertz CT molecular complexity index is 286. The summed E-state index contributed by atoms with van der Waals surface area (Å²) in [5.74, 6) is 0.375. The molecule has 1 heterocycles. The van der Waals surface area contributed by atoms with E-state index >= 15 is 0 Å². The van der Waals surface area contributed by atoms with Gasteiger partial charge in [-0.2, -0.15) is 0 Å². The molecule has 0 saturated carbocycles. The van der Waals surface area contributed by atoms with Crippen LogP contribution in [0.4, 0.5) is 4.79 Å². The molecular weight excluding hydrogens is 174 g/mol. The van der Waals surface area contributed by atoms with Gasteiger partial charge in [-0.25, -0.2) is 14.8 Å². The first kappa shape index (κ1) is 9.40. The van der Waals surface area contributed by atoms with Crippen molar-refractivity contribution in [1.82, 2.24) is 15.3 Å². The smallest absolute Gasteiger partial charge is 0.405 e. The molecule has 6 nitrogen and oxygen atoms in total. The van der Waals surface area contributed by atoms with Gasteiger partial charge in [-0.15, -0.1) is 0 Å².